The van der Waals surface area contributed by atoms with Gasteiger partial charge < -0.3 is 20.1 Å². The van der Waals surface area contributed by atoms with Gasteiger partial charge in [0.15, 0.2) is 0 Å². The molecular formula is C15H22N4O3. The topological polar surface area (TPSA) is 90.6 Å². The standard InChI is InChI=1S/C15H22N4O3/c1-15(2,3)22-14(20)19-7-5-10(6-8-19)13-11(21-4)9-12(16)17-18-13/h5,9H,6-8H2,1-4H3,(H2,16,17). The van der Waals surface area contributed by atoms with Gasteiger partial charge in [0, 0.05) is 19.2 Å². The number of amides is 1. The van der Waals surface area contributed by atoms with E-state index < -0.39 is 5.60 Å². The summed E-state index contributed by atoms with van der Waals surface area (Å²) in [5.74, 6) is 0.900. The molecule has 2 rings (SSSR count). The Balaban J connectivity index is 2.10. The van der Waals surface area contributed by atoms with E-state index in [2.05, 4.69) is 10.2 Å². The molecule has 2 heterocycles. The van der Waals surface area contributed by atoms with Gasteiger partial charge in [-0.2, -0.15) is 0 Å². The second-order valence-corrected chi connectivity index (χ2v) is 6.09. The molecule has 1 amide bonds. The quantitative estimate of drug-likeness (QED) is 0.899. The molecule has 1 aromatic rings. The summed E-state index contributed by atoms with van der Waals surface area (Å²) < 4.78 is 10.7. The van der Waals surface area contributed by atoms with Gasteiger partial charge in [0.1, 0.15) is 22.9 Å². The predicted molar refractivity (Wildman–Crippen MR) is 83.4 cm³/mol. The zero-order chi connectivity index (χ0) is 16.3. The maximum Gasteiger partial charge on any atom is 0.410 e. The number of hydrogen-bond acceptors (Lipinski definition) is 6. The van der Waals surface area contributed by atoms with Crippen LogP contribution in [0.5, 0.6) is 5.75 Å². The number of carbonyl (C=O) groups is 1. The number of hydrogen-bond donors (Lipinski definition) is 1. The van der Waals surface area contributed by atoms with Crippen LogP contribution in [0.15, 0.2) is 12.1 Å². The zero-order valence-electron chi connectivity index (χ0n) is 13.4. The van der Waals surface area contributed by atoms with Crippen LogP contribution in [0.25, 0.3) is 5.57 Å². The van der Waals surface area contributed by atoms with Crippen molar-refractivity contribution >= 4 is 17.5 Å². The van der Waals surface area contributed by atoms with Crippen molar-refractivity contribution in [3.63, 3.8) is 0 Å². The van der Waals surface area contributed by atoms with Gasteiger partial charge in [-0.05, 0) is 32.8 Å². The van der Waals surface area contributed by atoms with Crippen LogP contribution in [-0.4, -0.2) is 47.0 Å². The normalized spacial score (nSPS) is 15.3. The molecule has 0 spiro atoms. The van der Waals surface area contributed by atoms with E-state index in [4.69, 9.17) is 15.2 Å². The Labute approximate surface area is 130 Å². The molecule has 0 saturated heterocycles. The van der Waals surface area contributed by atoms with Crippen molar-refractivity contribution in [3.8, 4) is 5.75 Å². The lowest BCUT2D eigenvalue weighted by Gasteiger charge is -2.29. The molecule has 7 nitrogen and oxygen atoms in total. The van der Waals surface area contributed by atoms with Crippen LogP contribution in [0.3, 0.4) is 0 Å². The molecular weight excluding hydrogens is 284 g/mol. The minimum Gasteiger partial charge on any atom is -0.494 e. The predicted octanol–water partition coefficient (Wildman–Crippen LogP) is 2.09. The van der Waals surface area contributed by atoms with Crippen LogP contribution in [-0.2, 0) is 4.74 Å². The van der Waals surface area contributed by atoms with Crippen molar-refractivity contribution in [3.05, 3.63) is 17.8 Å². The van der Waals surface area contributed by atoms with Crippen molar-refractivity contribution < 1.29 is 14.3 Å². The SMILES string of the molecule is COc1cc(N)nnc1C1=CCN(C(=O)OC(C)(C)C)CC1. The molecule has 0 unspecified atom stereocenters. The molecule has 0 atom stereocenters. The van der Waals surface area contributed by atoms with Crippen LogP contribution in [0.2, 0.25) is 0 Å². The molecule has 1 aliphatic rings. The molecule has 7 heteroatoms. The Kier molecular flexibility index (Phi) is 4.54. The number of methoxy groups -OCH3 is 1. The van der Waals surface area contributed by atoms with Gasteiger partial charge in [0.2, 0.25) is 0 Å². The van der Waals surface area contributed by atoms with Gasteiger partial charge in [-0.25, -0.2) is 4.79 Å². The lowest BCUT2D eigenvalue weighted by atomic mass is 10.0. The number of carbonyl (C=O) groups excluding carboxylic acids is 1. The fourth-order valence-corrected chi connectivity index (χ4v) is 2.14. The van der Waals surface area contributed by atoms with Crippen molar-refractivity contribution in [1.82, 2.24) is 15.1 Å². The molecule has 1 aromatic heterocycles. The molecule has 22 heavy (non-hydrogen) atoms. The van der Waals surface area contributed by atoms with Gasteiger partial charge in [0.05, 0.1) is 7.11 Å². The summed E-state index contributed by atoms with van der Waals surface area (Å²) in [6.07, 6.45) is 2.29. The minimum absolute atomic E-state index is 0.307. The summed E-state index contributed by atoms with van der Waals surface area (Å²) in [6, 6.07) is 1.64. The lowest BCUT2D eigenvalue weighted by Crippen LogP contribution is -2.39. The van der Waals surface area contributed by atoms with Crippen LogP contribution < -0.4 is 10.5 Å². The summed E-state index contributed by atoms with van der Waals surface area (Å²) in [5, 5.41) is 7.97. The van der Waals surface area contributed by atoms with Gasteiger partial charge in [0.25, 0.3) is 0 Å². The van der Waals surface area contributed by atoms with Crippen LogP contribution >= 0.6 is 0 Å². The molecule has 0 fully saturated rings. The van der Waals surface area contributed by atoms with Crippen molar-refractivity contribution in [2.45, 2.75) is 32.8 Å². The van der Waals surface area contributed by atoms with Crippen LogP contribution in [0, 0.1) is 0 Å². The molecule has 0 saturated carbocycles. The second-order valence-electron chi connectivity index (χ2n) is 6.09. The molecule has 120 valence electrons. The Bertz CT molecular complexity index is 593. The highest BCUT2D eigenvalue weighted by Crippen LogP contribution is 2.29. The minimum atomic E-state index is -0.493. The van der Waals surface area contributed by atoms with Crippen molar-refractivity contribution in [2.75, 3.05) is 25.9 Å². The van der Waals surface area contributed by atoms with E-state index in [1.165, 1.54) is 0 Å². The van der Waals surface area contributed by atoms with E-state index in [0.29, 0.717) is 36.8 Å². The van der Waals surface area contributed by atoms with Crippen LogP contribution in [0.4, 0.5) is 10.6 Å². The maximum atomic E-state index is 12.0. The number of nitrogen functional groups attached to an aromatic ring is 1. The largest absolute Gasteiger partial charge is 0.494 e. The van der Waals surface area contributed by atoms with Crippen molar-refractivity contribution in [1.29, 1.82) is 0 Å². The highest BCUT2D eigenvalue weighted by Gasteiger charge is 2.25. The van der Waals surface area contributed by atoms with Crippen molar-refractivity contribution in [2.24, 2.45) is 0 Å². The van der Waals surface area contributed by atoms with E-state index in [9.17, 15) is 4.79 Å². The second kappa shape index (κ2) is 6.21. The average molecular weight is 306 g/mol. The number of aromatic nitrogens is 2. The van der Waals surface area contributed by atoms with Crippen LogP contribution in [0.1, 0.15) is 32.9 Å². The fourth-order valence-electron chi connectivity index (χ4n) is 2.14. The number of anilines is 1. The number of rotatable bonds is 2. The monoisotopic (exact) mass is 306 g/mol. The van der Waals surface area contributed by atoms with Gasteiger partial charge in [-0.1, -0.05) is 6.08 Å². The van der Waals surface area contributed by atoms with E-state index >= 15 is 0 Å². The number of nitrogens with zero attached hydrogens (tertiary/aromatic N) is 3. The smallest absolute Gasteiger partial charge is 0.410 e. The molecule has 0 aliphatic carbocycles. The highest BCUT2D eigenvalue weighted by atomic mass is 16.6. The summed E-state index contributed by atoms with van der Waals surface area (Å²) in [6.45, 7) is 6.59. The molecule has 0 bridgehead atoms. The third kappa shape index (κ3) is 3.87. The first-order valence-corrected chi connectivity index (χ1v) is 7.14. The first-order chi connectivity index (χ1) is 10.3. The first kappa shape index (κ1) is 16.1. The average Bonchev–Trinajstić information content (AvgIpc) is 2.45. The summed E-state index contributed by atoms with van der Waals surface area (Å²) in [7, 11) is 1.57. The fraction of sp³-hybridized carbons (Fsp3) is 0.533. The summed E-state index contributed by atoms with van der Waals surface area (Å²) >= 11 is 0. The van der Waals surface area contributed by atoms with Gasteiger partial charge >= 0.3 is 6.09 Å². The Morgan fingerprint density at radius 2 is 2.09 bits per heavy atom. The van der Waals surface area contributed by atoms with E-state index in [1.54, 1.807) is 18.1 Å². The number of nitrogens with two attached hydrogens (primary N) is 1. The highest BCUT2D eigenvalue weighted by molar-refractivity contribution is 5.73. The molecule has 0 aromatic carbocycles. The third-order valence-corrected chi connectivity index (χ3v) is 3.16. The summed E-state index contributed by atoms with van der Waals surface area (Å²) in [4.78, 5) is 13.7. The Hall–Kier alpha value is -2.31. The molecule has 0 radical (unpaired) electrons. The number of ether oxygens (including phenoxy) is 2. The Morgan fingerprint density at radius 1 is 1.36 bits per heavy atom. The lowest BCUT2D eigenvalue weighted by molar-refractivity contribution is 0.0270. The van der Waals surface area contributed by atoms with E-state index in [1.807, 2.05) is 26.8 Å². The van der Waals surface area contributed by atoms with E-state index in [-0.39, 0.29) is 6.09 Å². The maximum absolute atomic E-state index is 12.0. The molecule has 2 N–H and O–H groups in total. The molecule has 1 aliphatic heterocycles. The van der Waals surface area contributed by atoms with Gasteiger partial charge in [-0.15, -0.1) is 10.2 Å². The third-order valence-electron chi connectivity index (χ3n) is 3.16. The Morgan fingerprint density at radius 3 is 2.64 bits per heavy atom. The van der Waals surface area contributed by atoms with E-state index in [0.717, 1.165) is 5.57 Å². The summed E-state index contributed by atoms with van der Waals surface area (Å²) in [5.41, 5.74) is 6.77. The first-order valence-electron chi connectivity index (χ1n) is 7.14. The van der Waals surface area contributed by atoms with Gasteiger partial charge in [-0.3, -0.25) is 0 Å². The zero-order valence-corrected chi connectivity index (χ0v) is 13.4.